The maximum Gasteiger partial charge on any atom is -0.0122 e. The van der Waals surface area contributed by atoms with Crippen LogP contribution in [-0.4, -0.2) is 0 Å². The van der Waals surface area contributed by atoms with Crippen LogP contribution in [0.1, 0.15) is 55.6 Å². The topological polar surface area (TPSA) is 0 Å². The number of hydrogen-bond acceptors (Lipinski definition) is 0. The summed E-state index contributed by atoms with van der Waals surface area (Å²) in [6.07, 6.45) is 9.09. The van der Waals surface area contributed by atoms with Crippen molar-refractivity contribution in [2.75, 3.05) is 0 Å². The maximum absolute atomic E-state index is 2.47. The largest absolute Gasteiger partial charge is 0.0616 e. The fourth-order valence-electron chi connectivity index (χ4n) is 6.28. The zero-order valence-corrected chi connectivity index (χ0v) is 13.6. The summed E-state index contributed by atoms with van der Waals surface area (Å²) in [5.41, 5.74) is 3.10. The molecule has 0 heterocycles. The third kappa shape index (κ3) is 1.89. The van der Waals surface area contributed by atoms with E-state index in [2.05, 4.69) is 43.3 Å². The fourth-order valence-corrected chi connectivity index (χ4v) is 6.28. The maximum atomic E-state index is 2.47. The van der Waals surface area contributed by atoms with Crippen LogP contribution in [0.3, 0.4) is 0 Å². The van der Waals surface area contributed by atoms with Gasteiger partial charge in [0.15, 0.2) is 0 Å². The molecule has 0 amide bonds. The summed E-state index contributed by atoms with van der Waals surface area (Å²) in [6.45, 7) is 2.26. The van der Waals surface area contributed by atoms with Crippen molar-refractivity contribution in [1.29, 1.82) is 0 Å². The predicted molar refractivity (Wildman–Crippen MR) is 93.1 cm³/mol. The number of hydrogen-bond donors (Lipinski definition) is 0. The summed E-state index contributed by atoms with van der Waals surface area (Å²) in [5, 5.41) is 3.01. The molecule has 3 aliphatic rings. The van der Waals surface area contributed by atoms with E-state index in [1.807, 2.05) is 0 Å². The molecule has 3 saturated carbocycles. The zero-order valence-electron chi connectivity index (χ0n) is 13.6. The van der Waals surface area contributed by atoms with Crippen LogP contribution in [0.15, 0.2) is 36.4 Å². The summed E-state index contributed by atoms with van der Waals surface area (Å²) in [4.78, 5) is 0. The van der Waals surface area contributed by atoms with Gasteiger partial charge in [0.2, 0.25) is 0 Å². The van der Waals surface area contributed by atoms with E-state index in [1.165, 1.54) is 42.0 Å². The van der Waals surface area contributed by atoms with Crippen molar-refractivity contribution in [3.8, 4) is 0 Å². The second kappa shape index (κ2) is 4.85. The molecule has 22 heavy (non-hydrogen) atoms. The Morgan fingerprint density at radius 3 is 2.50 bits per heavy atom. The third-order valence-corrected chi connectivity index (χ3v) is 7.13. The van der Waals surface area contributed by atoms with Gasteiger partial charge in [-0.3, -0.25) is 0 Å². The highest BCUT2D eigenvalue weighted by Crippen LogP contribution is 2.57. The highest BCUT2D eigenvalue weighted by Gasteiger charge is 2.46. The van der Waals surface area contributed by atoms with Gasteiger partial charge in [-0.05, 0) is 90.5 Å². The Labute approximate surface area is 133 Å². The Kier molecular flexibility index (Phi) is 2.90. The summed E-state index contributed by atoms with van der Waals surface area (Å²) >= 11 is 0. The molecular formula is C22H26. The van der Waals surface area contributed by atoms with Gasteiger partial charge in [0.05, 0.1) is 0 Å². The first-order valence-electron chi connectivity index (χ1n) is 9.28. The molecule has 2 aromatic rings. The summed E-state index contributed by atoms with van der Waals surface area (Å²) in [6, 6.07) is 13.9. The number of fused-ring (bicyclic) bond motifs is 3. The molecule has 0 heteroatoms. The van der Waals surface area contributed by atoms with E-state index in [-0.39, 0.29) is 0 Å². The highest BCUT2D eigenvalue weighted by molar-refractivity contribution is 5.89. The molecule has 2 aromatic carbocycles. The summed E-state index contributed by atoms with van der Waals surface area (Å²) in [5.74, 6) is 4.94. The van der Waals surface area contributed by atoms with Crippen LogP contribution >= 0.6 is 0 Å². The lowest BCUT2D eigenvalue weighted by Crippen LogP contribution is -2.41. The van der Waals surface area contributed by atoms with Gasteiger partial charge in [-0.25, -0.2) is 0 Å². The van der Waals surface area contributed by atoms with Crippen molar-refractivity contribution in [3.63, 3.8) is 0 Å². The lowest BCUT2D eigenvalue weighted by molar-refractivity contribution is 0.0156. The first-order chi connectivity index (χ1) is 10.8. The molecule has 0 saturated heterocycles. The van der Waals surface area contributed by atoms with E-state index in [0.717, 1.165) is 29.6 Å². The van der Waals surface area contributed by atoms with Gasteiger partial charge in [-0.1, -0.05) is 42.8 Å². The van der Waals surface area contributed by atoms with Gasteiger partial charge in [-0.15, -0.1) is 0 Å². The molecule has 0 aliphatic heterocycles. The Balaban J connectivity index is 1.64. The lowest BCUT2D eigenvalue weighted by atomic mass is 9.53. The molecule has 3 bridgehead atoms. The van der Waals surface area contributed by atoms with Crippen LogP contribution in [-0.2, 0) is 0 Å². The SMILES string of the molecule is Cc1ccc(C2CC3CC4CCC2C(C4)C3)c2ccccc12. The molecule has 5 rings (SSSR count). The van der Waals surface area contributed by atoms with Gasteiger partial charge in [0.1, 0.15) is 0 Å². The average molecular weight is 290 g/mol. The normalized spacial score (nSPS) is 36.7. The molecule has 3 aliphatic carbocycles. The number of aryl methyl sites for hydroxylation is 1. The Morgan fingerprint density at radius 1 is 0.773 bits per heavy atom. The first-order valence-corrected chi connectivity index (χ1v) is 9.28. The van der Waals surface area contributed by atoms with E-state index in [0.29, 0.717) is 0 Å². The van der Waals surface area contributed by atoms with Gasteiger partial charge in [-0.2, -0.15) is 0 Å². The van der Waals surface area contributed by atoms with Crippen LogP contribution < -0.4 is 0 Å². The zero-order chi connectivity index (χ0) is 14.7. The quantitative estimate of drug-likeness (QED) is 0.597. The molecular weight excluding hydrogens is 264 g/mol. The summed E-state index contributed by atoms with van der Waals surface area (Å²) < 4.78 is 0. The molecule has 114 valence electrons. The first kappa shape index (κ1) is 13.2. The molecule has 0 nitrogen and oxygen atoms in total. The van der Waals surface area contributed by atoms with Crippen LogP contribution in [0.25, 0.3) is 10.8 Å². The van der Waals surface area contributed by atoms with Crippen LogP contribution in [0.4, 0.5) is 0 Å². The standard InChI is InChI=1S/C22H26/c1-14-6-8-21(20-5-3-2-4-18(14)20)22-13-16-10-15-7-9-19(22)17(11-15)12-16/h2-6,8,15-17,19,22H,7,9-13H2,1H3. The number of benzene rings is 2. The molecule has 5 atom stereocenters. The lowest BCUT2D eigenvalue weighted by Gasteiger charge is -2.52. The predicted octanol–water partition coefficient (Wildman–Crippen LogP) is 6.08. The minimum absolute atomic E-state index is 0.829. The Morgan fingerprint density at radius 2 is 1.59 bits per heavy atom. The van der Waals surface area contributed by atoms with Crippen molar-refractivity contribution >= 4 is 10.8 Å². The van der Waals surface area contributed by atoms with Crippen molar-refractivity contribution in [3.05, 3.63) is 47.5 Å². The molecule has 0 aromatic heterocycles. The van der Waals surface area contributed by atoms with E-state index in [9.17, 15) is 0 Å². The van der Waals surface area contributed by atoms with Crippen LogP contribution in [0, 0.1) is 30.6 Å². The monoisotopic (exact) mass is 290 g/mol. The molecule has 0 spiro atoms. The van der Waals surface area contributed by atoms with Gasteiger partial charge >= 0.3 is 0 Å². The minimum atomic E-state index is 0.829. The van der Waals surface area contributed by atoms with E-state index in [4.69, 9.17) is 0 Å². The third-order valence-electron chi connectivity index (χ3n) is 7.13. The fraction of sp³-hybridized carbons (Fsp3) is 0.545. The average Bonchev–Trinajstić information content (AvgIpc) is 2.53. The van der Waals surface area contributed by atoms with Gasteiger partial charge in [0.25, 0.3) is 0 Å². The highest BCUT2D eigenvalue weighted by atomic mass is 14.5. The van der Waals surface area contributed by atoms with Crippen molar-refractivity contribution in [2.24, 2.45) is 23.7 Å². The van der Waals surface area contributed by atoms with E-state index >= 15 is 0 Å². The van der Waals surface area contributed by atoms with E-state index < -0.39 is 0 Å². The second-order valence-corrected chi connectivity index (χ2v) is 8.30. The van der Waals surface area contributed by atoms with Crippen LogP contribution in [0.2, 0.25) is 0 Å². The van der Waals surface area contributed by atoms with Crippen molar-refractivity contribution in [2.45, 2.75) is 51.4 Å². The van der Waals surface area contributed by atoms with E-state index in [1.54, 1.807) is 18.4 Å². The molecule has 5 unspecified atom stereocenters. The van der Waals surface area contributed by atoms with Gasteiger partial charge in [0, 0.05) is 0 Å². The molecule has 3 fully saturated rings. The number of rotatable bonds is 1. The smallest absolute Gasteiger partial charge is 0.0122 e. The summed E-state index contributed by atoms with van der Waals surface area (Å²) in [7, 11) is 0. The van der Waals surface area contributed by atoms with Crippen LogP contribution in [0.5, 0.6) is 0 Å². The van der Waals surface area contributed by atoms with Crippen molar-refractivity contribution < 1.29 is 0 Å². The Bertz CT molecular complexity index is 707. The Hall–Kier alpha value is -1.30. The molecule has 0 N–H and O–H groups in total. The van der Waals surface area contributed by atoms with Gasteiger partial charge < -0.3 is 0 Å². The second-order valence-electron chi connectivity index (χ2n) is 8.30. The van der Waals surface area contributed by atoms with Crippen molar-refractivity contribution in [1.82, 2.24) is 0 Å². The molecule has 0 radical (unpaired) electrons. The minimum Gasteiger partial charge on any atom is -0.0616 e.